The molecule has 1 amide bonds. The summed E-state index contributed by atoms with van der Waals surface area (Å²) in [6.45, 7) is 0.419. The summed E-state index contributed by atoms with van der Waals surface area (Å²) in [5.74, 6) is -2.58. The Bertz CT molecular complexity index is 1240. The highest BCUT2D eigenvalue weighted by Gasteiger charge is 2.45. The minimum atomic E-state index is -1.83. The van der Waals surface area contributed by atoms with Gasteiger partial charge in [-0.05, 0) is 61.7 Å². The number of hydrogen-bond donors (Lipinski definition) is 2. The zero-order chi connectivity index (χ0) is 28.0. The van der Waals surface area contributed by atoms with Gasteiger partial charge in [-0.2, -0.15) is 0 Å². The van der Waals surface area contributed by atoms with Gasteiger partial charge in [-0.3, -0.25) is 10.1 Å². The molecule has 1 saturated carbocycles. The summed E-state index contributed by atoms with van der Waals surface area (Å²) in [6, 6.07) is 8.59. The predicted octanol–water partition coefficient (Wildman–Crippen LogP) is 5.17. The van der Waals surface area contributed by atoms with Crippen LogP contribution in [0.25, 0.3) is 0 Å². The van der Waals surface area contributed by atoms with Gasteiger partial charge in [0, 0.05) is 18.7 Å². The van der Waals surface area contributed by atoms with Crippen LogP contribution in [-0.2, 0) is 19.9 Å². The highest BCUT2D eigenvalue weighted by Crippen LogP contribution is 2.38. The fourth-order valence-corrected chi connectivity index (χ4v) is 6.21. The number of likely N-dealkylation sites (N-methyl/N-ethyl adjacent to an activating group) is 1. The van der Waals surface area contributed by atoms with Crippen LogP contribution in [0.5, 0.6) is 0 Å². The van der Waals surface area contributed by atoms with E-state index >= 15 is 0 Å². The van der Waals surface area contributed by atoms with Crippen LogP contribution >= 0.6 is 22.7 Å². The SMILES string of the molecule is CN(CCOC(=O)Nc1cc(F)c(C=O)cc1F)C1CCC(OC(=O)C(O)(c2cccs2)c2cccs2)CC1. The van der Waals surface area contributed by atoms with Crippen molar-refractivity contribution in [3.63, 3.8) is 0 Å². The number of esters is 1. The number of thiophene rings is 2. The average molecular weight is 579 g/mol. The molecule has 0 unspecified atom stereocenters. The number of ether oxygens (including phenoxy) is 2. The number of amides is 1. The van der Waals surface area contributed by atoms with Crippen LogP contribution < -0.4 is 5.32 Å². The van der Waals surface area contributed by atoms with E-state index in [0.717, 1.165) is 18.9 Å². The second kappa shape index (κ2) is 12.8. The highest BCUT2D eigenvalue weighted by atomic mass is 32.1. The summed E-state index contributed by atoms with van der Waals surface area (Å²) in [4.78, 5) is 38.9. The lowest BCUT2D eigenvalue weighted by atomic mass is 9.91. The maximum Gasteiger partial charge on any atom is 0.411 e. The van der Waals surface area contributed by atoms with E-state index in [-0.39, 0.29) is 25.0 Å². The number of nitrogens with zero attached hydrogens (tertiary/aromatic N) is 1. The Morgan fingerprint density at radius 1 is 1.10 bits per heavy atom. The molecule has 0 atom stereocenters. The lowest BCUT2D eigenvalue weighted by Crippen LogP contribution is -2.42. The number of aldehydes is 1. The molecule has 1 fully saturated rings. The van der Waals surface area contributed by atoms with Gasteiger partial charge in [-0.1, -0.05) is 12.1 Å². The molecule has 0 saturated heterocycles. The Labute approximate surface area is 232 Å². The van der Waals surface area contributed by atoms with E-state index in [9.17, 15) is 28.3 Å². The Balaban J connectivity index is 1.22. The third kappa shape index (κ3) is 6.70. The minimum absolute atomic E-state index is 0.0163. The second-order valence-electron chi connectivity index (χ2n) is 9.21. The summed E-state index contributed by atoms with van der Waals surface area (Å²) >= 11 is 2.59. The molecule has 2 heterocycles. The lowest BCUT2D eigenvalue weighted by Gasteiger charge is -2.35. The van der Waals surface area contributed by atoms with Gasteiger partial charge >= 0.3 is 12.1 Å². The summed E-state index contributed by atoms with van der Waals surface area (Å²) in [5, 5.41) is 17.1. The van der Waals surface area contributed by atoms with Crippen molar-refractivity contribution in [2.75, 3.05) is 25.5 Å². The summed E-state index contributed by atoms with van der Waals surface area (Å²) < 4.78 is 38.5. The first kappa shape index (κ1) is 28.8. The van der Waals surface area contributed by atoms with Crippen molar-refractivity contribution < 1.29 is 37.7 Å². The summed E-state index contributed by atoms with van der Waals surface area (Å²) in [6.07, 6.45) is 1.64. The van der Waals surface area contributed by atoms with Crippen LogP contribution in [0.1, 0.15) is 45.8 Å². The molecule has 0 aliphatic heterocycles. The molecule has 1 aromatic carbocycles. The van der Waals surface area contributed by atoms with Gasteiger partial charge in [-0.15, -0.1) is 22.7 Å². The quantitative estimate of drug-likeness (QED) is 0.253. The Morgan fingerprint density at radius 2 is 1.74 bits per heavy atom. The Kier molecular flexibility index (Phi) is 9.44. The van der Waals surface area contributed by atoms with Crippen LogP contribution in [0.3, 0.4) is 0 Å². The molecule has 1 aliphatic rings. The molecule has 2 aromatic heterocycles. The van der Waals surface area contributed by atoms with Crippen molar-refractivity contribution in [1.29, 1.82) is 0 Å². The van der Waals surface area contributed by atoms with Gasteiger partial charge in [0.25, 0.3) is 0 Å². The Morgan fingerprint density at radius 3 is 2.31 bits per heavy atom. The first-order chi connectivity index (χ1) is 18.7. The van der Waals surface area contributed by atoms with Crippen LogP contribution in [-0.4, -0.2) is 60.7 Å². The van der Waals surface area contributed by atoms with Crippen molar-refractivity contribution in [3.8, 4) is 0 Å². The van der Waals surface area contributed by atoms with Gasteiger partial charge in [0.2, 0.25) is 5.60 Å². The van der Waals surface area contributed by atoms with E-state index in [1.807, 2.05) is 11.9 Å². The van der Waals surface area contributed by atoms with E-state index in [2.05, 4.69) is 5.32 Å². The van der Waals surface area contributed by atoms with E-state index in [1.165, 1.54) is 22.7 Å². The minimum Gasteiger partial charge on any atom is -0.460 e. The standard InChI is InChI=1S/C27H28F2N2O6S2/c1-31(10-11-36-26(34)30-22-15-20(28)17(16-32)14-21(22)29)18-6-8-19(9-7-18)37-25(33)27(35,23-4-2-12-38-23)24-5-3-13-39-24/h2-5,12-16,18-19,35H,6-11H2,1H3,(H,30,34). The summed E-state index contributed by atoms with van der Waals surface area (Å²) in [5.41, 5.74) is -2.70. The second-order valence-corrected chi connectivity index (χ2v) is 11.1. The van der Waals surface area contributed by atoms with Gasteiger partial charge < -0.3 is 19.5 Å². The van der Waals surface area contributed by atoms with Crippen molar-refractivity contribution >= 4 is 46.7 Å². The molecule has 1 aliphatic carbocycles. The topological polar surface area (TPSA) is 105 Å². The molecule has 12 heteroatoms. The van der Waals surface area contributed by atoms with Crippen LogP contribution in [0.15, 0.2) is 47.2 Å². The smallest absolute Gasteiger partial charge is 0.411 e. The zero-order valence-corrected chi connectivity index (χ0v) is 22.7. The van der Waals surface area contributed by atoms with E-state index in [4.69, 9.17) is 9.47 Å². The maximum atomic E-state index is 13.9. The number of rotatable bonds is 10. The molecule has 39 heavy (non-hydrogen) atoms. The maximum absolute atomic E-state index is 13.9. The number of carbonyl (C=O) groups excluding carboxylic acids is 3. The number of anilines is 1. The van der Waals surface area contributed by atoms with Crippen LogP contribution in [0, 0.1) is 11.6 Å². The van der Waals surface area contributed by atoms with Crippen molar-refractivity contribution in [3.05, 3.63) is 74.1 Å². The molecule has 0 bridgehead atoms. The lowest BCUT2D eigenvalue weighted by molar-refractivity contribution is -0.169. The number of halogens is 2. The van der Waals surface area contributed by atoms with Crippen molar-refractivity contribution in [2.24, 2.45) is 0 Å². The van der Waals surface area contributed by atoms with Gasteiger partial charge in [0.15, 0.2) is 6.29 Å². The average Bonchev–Trinajstić information content (AvgIpc) is 3.66. The summed E-state index contributed by atoms with van der Waals surface area (Å²) in [7, 11) is 1.89. The fraction of sp³-hybridized carbons (Fsp3) is 0.370. The predicted molar refractivity (Wildman–Crippen MR) is 143 cm³/mol. The molecule has 8 nitrogen and oxygen atoms in total. The van der Waals surface area contributed by atoms with E-state index in [1.54, 1.807) is 35.0 Å². The third-order valence-corrected chi connectivity index (χ3v) is 8.68. The van der Waals surface area contributed by atoms with Gasteiger partial charge in [0.1, 0.15) is 24.3 Å². The fourth-order valence-electron chi connectivity index (χ4n) is 4.49. The van der Waals surface area contributed by atoms with E-state index in [0.29, 0.717) is 35.2 Å². The molecule has 4 rings (SSSR count). The highest BCUT2D eigenvalue weighted by molar-refractivity contribution is 7.12. The molecular weight excluding hydrogens is 550 g/mol. The monoisotopic (exact) mass is 578 g/mol. The van der Waals surface area contributed by atoms with Crippen molar-refractivity contribution in [2.45, 2.75) is 43.4 Å². The van der Waals surface area contributed by atoms with Crippen molar-refractivity contribution in [1.82, 2.24) is 4.90 Å². The van der Waals surface area contributed by atoms with Crippen LogP contribution in [0.4, 0.5) is 19.3 Å². The Hall–Kier alpha value is -3.19. The molecule has 3 aromatic rings. The molecule has 0 spiro atoms. The number of hydrogen-bond acceptors (Lipinski definition) is 9. The van der Waals surface area contributed by atoms with Crippen LogP contribution in [0.2, 0.25) is 0 Å². The van der Waals surface area contributed by atoms with Gasteiger partial charge in [-0.25, -0.2) is 18.4 Å². The normalized spacial score (nSPS) is 17.6. The van der Waals surface area contributed by atoms with Gasteiger partial charge in [0.05, 0.1) is 21.0 Å². The first-order valence-corrected chi connectivity index (χ1v) is 14.1. The number of aliphatic hydroxyl groups is 1. The molecule has 2 N–H and O–H groups in total. The zero-order valence-electron chi connectivity index (χ0n) is 21.1. The number of benzene rings is 1. The first-order valence-electron chi connectivity index (χ1n) is 12.3. The molecule has 208 valence electrons. The molecule has 0 radical (unpaired) electrons. The van der Waals surface area contributed by atoms with E-state index < -0.39 is 40.5 Å². The third-order valence-electron chi connectivity index (χ3n) is 6.72. The largest absolute Gasteiger partial charge is 0.460 e. The number of nitrogens with one attached hydrogen (secondary N) is 1. The number of carbonyl (C=O) groups is 3. The molecular formula is C27H28F2N2O6S2.